The topological polar surface area (TPSA) is 69.2 Å². The first-order chi connectivity index (χ1) is 13.6. The first-order valence-corrected chi connectivity index (χ1v) is 11.2. The molecule has 2 N–H and O–H groups in total. The van der Waals surface area contributed by atoms with Crippen LogP contribution in [0.15, 0.2) is 4.99 Å². The number of hydrogen-bond donors (Lipinski definition) is 2. The average molecular weight is 521 g/mol. The molecule has 0 unspecified atom stereocenters. The normalized spacial score (nSPS) is 23.3. The van der Waals surface area contributed by atoms with Gasteiger partial charge in [-0.15, -0.1) is 24.0 Å². The van der Waals surface area contributed by atoms with Gasteiger partial charge >= 0.3 is 0 Å². The van der Waals surface area contributed by atoms with E-state index in [-0.39, 0.29) is 42.0 Å². The Bertz CT molecular complexity index is 525. The first-order valence-electron chi connectivity index (χ1n) is 11.2. The van der Waals surface area contributed by atoms with E-state index >= 15 is 0 Å². The zero-order valence-corrected chi connectivity index (χ0v) is 20.6. The van der Waals surface area contributed by atoms with Crippen LogP contribution in [0.1, 0.15) is 57.8 Å². The number of carbonyl (C=O) groups is 1. The molecule has 29 heavy (non-hydrogen) atoms. The fraction of sp³-hybridized carbons (Fsp3) is 0.905. The number of ether oxygens (including phenoxy) is 1. The number of rotatable bonds is 6. The third-order valence-electron chi connectivity index (χ3n) is 6.62. The molecule has 0 spiro atoms. The van der Waals surface area contributed by atoms with E-state index in [1.165, 1.54) is 57.8 Å². The number of halogens is 1. The largest absolute Gasteiger partial charge is 0.379 e. The molecule has 2 aliphatic carbocycles. The summed E-state index contributed by atoms with van der Waals surface area (Å²) < 4.78 is 5.60. The van der Waals surface area contributed by atoms with E-state index in [2.05, 4.69) is 20.5 Å². The second kappa shape index (κ2) is 12.3. The Balaban J connectivity index is 0.00000300. The third-order valence-corrected chi connectivity index (χ3v) is 6.62. The van der Waals surface area contributed by atoms with Gasteiger partial charge in [-0.3, -0.25) is 9.69 Å². The molecule has 3 rings (SSSR count). The summed E-state index contributed by atoms with van der Waals surface area (Å²) in [7, 11) is 3.57. The lowest BCUT2D eigenvalue weighted by atomic mass is 9.80. The van der Waals surface area contributed by atoms with Crippen LogP contribution in [-0.2, 0) is 9.53 Å². The molecule has 1 saturated heterocycles. The Morgan fingerprint density at radius 2 is 1.76 bits per heavy atom. The molecule has 3 fully saturated rings. The van der Waals surface area contributed by atoms with Gasteiger partial charge in [0.1, 0.15) is 6.54 Å². The molecule has 8 heteroatoms. The highest BCUT2D eigenvalue weighted by Gasteiger charge is 2.38. The summed E-state index contributed by atoms with van der Waals surface area (Å²) >= 11 is 0. The molecule has 1 heterocycles. The maximum absolute atomic E-state index is 12.0. The van der Waals surface area contributed by atoms with Crippen LogP contribution < -0.4 is 10.6 Å². The SMILES string of the molecule is CN(C)C(=O)CN=C(NCC1(N2CCOCC2)CCCCC1)NC1CCCC1.I. The van der Waals surface area contributed by atoms with E-state index in [0.717, 1.165) is 38.8 Å². The highest BCUT2D eigenvalue weighted by Crippen LogP contribution is 2.33. The number of hydrogen-bond acceptors (Lipinski definition) is 4. The monoisotopic (exact) mass is 521 g/mol. The van der Waals surface area contributed by atoms with Crippen molar-refractivity contribution >= 4 is 35.8 Å². The van der Waals surface area contributed by atoms with Crippen molar-refractivity contribution in [3.63, 3.8) is 0 Å². The van der Waals surface area contributed by atoms with Gasteiger partial charge in [0.25, 0.3) is 0 Å². The van der Waals surface area contributed by atoms with E-state index in [9.17, 15) is 4.79 Å². The molecule has 3 aliphatic rings. The Labute approximate surface area is 193 Å². The lowest BCUT2D eigenvalue weighted by Crippen LogP contribution is -2.60. The molecular formula is C21H40IN5O2. The summed E-state index contributed by atoms with van der Waals surface area (Å²) in [6, 6.07) is 0.478. The summed E-state index contributed by atoms with van der Waals surface area (Å²) in [4.78, 5) is 20.9. The van der Waals surface area contributed by atoms with Gasteiger partial charge in [-0.25, -0.2) is 4.99 Å². The maximum atomic E-state index is 12.0. The Morgan fingerprint density at radius 3 is 2.38 bits per heavy atom. The molecule has 0 bridgehead atoms. The molecule has 2 saturated carbocycles. The van der Waals surface area contributed by atoms with Crippen molar-refractivity contribution in [1.29, 1.82) is 0 Å². The van der Waals surface area contributed by atoms with Crippen molar-refractivity contribution < 1.29 is 9.53 Å². The number of guanidine groups is 1. The Morgan fingerprint density at radius 1 is 1.10 bits per heavy atom. The summed E-state index contributed by atoms with van der Waals surface area (Å²) in [5, 5.41) is 7.23. The maximum Gasteiger partial charge on any atom is 0.243 e. The van der Waals surface area contributed by atoms with E-state index < -0.39 is 0 Å². The number of nitrogens with one attached hydrogen (secondary N) is 2. The molecule has 7 nitrogen and oxygen atoms in total. The Kier molecular flexibility index (Phi) is 10.5. The van der Waals surface area contributed by atoms with E-state index in [0.29, 0.717) is 6.04 Å². The number of amides is 1. The van der Waals surface area contributed by atoms with Gasteiger partial charge < -0.3 is 20.3 Å². The number of nitrogens with zero attached hydrogens (tertiary/aromatic N) is 3. The van der Waals surface area contributed by atoms with Gasteiger partial charge in [0.15, 0.2) is 5.96 Å². The second-order valence-electron chi connectivity index (χ2n) is 8.82. The lowest BCUT2D eigenvalue weighted by Gasteiger charge is -2.48. The molecule has 0 aromatic heterocycles. The lowest BCUT2D eigenvalue weighted by molar-refractivity contribution is -0.127. The minimum Gasteiger partial charge on any atom is -0.379 e. The third kappa shape index (κ3) is 7.24. The zero-order valence-electron chi connectivity index (χ0n) is 18.3. The summed E-state index contributed by atoms with van der Waals surface area (Å²) in [6.45, 7) is 4.79. The van der Waals surface area contributed by atoms with Crippen LogP contribution in [0.4, 0.5) is 0 Å². The fourth-order valence-electron chi connectivity index (χ4n) is 4.80. The van der Waals surface area contributed by atoms with Gasteiger partial charge in [0, 0.05) is 45.3 Å². The van der Waals surface area contributed by atoms with Gasteiger partial charge in [-0.05, 0) is 25.7 Å². The highest BCUT2D eigenvalue weighted by atomic mass is 127. The van der Waals surface area contributed by atoms with Crippen LogP contribution in [0.3, 0.4) is 0 Å². The molecular weight excluding hydrogens is 481 g/mol. The number of aliphatic imine (C=N–C) groups is 1. The smallest absolute Gasteiger partial charge is 0.243 e. The van der Waals surface area contributed by atoms with Gasteiger partial charge in [0.2, 0.25) is 5.91 Å². The number of carbonyl (C=O) groups excluding carboxylic acids is 1. The predicted molar refractivity (Wildman–Crippen MR) is 128 cm³/mol. The quantitative estimate of drug-likeness (QED) is 0.319. The summed E-state index contributed by atoms with van der Waals surface area (Å²) in [6.07, 6.45) is 11.3. The molecule has 0 aromatic rings. The molecule has 0 atom stereocenters. The minimum absolute atomic E-state index is 0. The molecule has 1 aliphatic heterocycles. The van der Waals surface area contributed by atoms with Crippen molar-refractivity contribution in [3.8, 4) is 0 Å². The first kappa shape index (κ1) is 24.7. The van der Waals surface area contributed by atoms with Crippen molar-refractivity contribution in [2.24, 2.45) is 4.99 Å². The molecule has 1 amide bonds. The minimum atomic E-state index is 0. The van der Waals surface area contributed by atoms with Crippen molar-refractivity contribution in [2.45, 2.75) is 69.4 Å². The molecule has 168 valence electrons. The van der Waals surface area contributed by atoms with Crippen LogP contribution in [-0.4, -0.2) is 86.7 Å². The van der Waals surface area contributed by atoms with E-state index in [1.54, 1.807) is 19.0 Å². The van der Waals surface area contributed by atoms with Crippen LogP contribution in [0.25, 0.3) is 0 Å². The second-order valence-corrected chi connectivity index (χ2v) is 8.82. The number of likely N-dealkylation sites (N-methyl/N-ethyl adjacent to an activating group) is 1. The van der Waals surface area contributed by atoms with Crippen molar-refractivity contribution in [3.05, 3.63) is 0 Å². The summed E-state index contributed by atoms with van der Waals surface area (Å²) in [5.74, 6) is 0.841. The Hall–Kier alpha value is -0.610. The standard InChI is InChI=1S/C21H39N5O2.HI/c1-25(2)19(27)16-22-20(24-18-8-4-5-9-18)23-17-21(10-6-3-7-11-21)26-12-14-28-15-13-26;/h18H,3-17H2,1-2H3,(H2,22,23,24);1H. The van der Waals surface area contributed by atoms with Crippen molar-refractivity contribution in [1.82, 2.24) is 20.4 Å². The highest BCUT2D eigenvalue weighted by molar-refractivity contribution is 14.0. The number of morpholine rings is 1. The molecule has 0 aromatic carbocycles. The average Bonchev–Trinajstić information content (AvgIpc) is 3.24. The van der Waals surface area contributed by atoms with Crippen LogP contribution in [0.5, 0.6) is 0 Å². The zero-order chi connectivity index (χ0) is 19.8. The van der Waals surface area contributed by atoms with Gasteiger partial charge in [-0.2, -0.15) is 0 Å². The predicted octanol–water partition coefficient (Wildman–Crippen LogP) is 2.21. The van der Waals surface area contributed by atoms with E-state index in [4.69, 9.17) is 4.74 Å². The van der Waals surface area contributed by atoms with Crippen LogP contribution in [0.2, 0.25) is 0 Å². The van der Waals surface area contributed by atoms with Gasteiger partial charge in [-0.1, -0.05) is 32.1 Å². The molecule has 0 radical (unpaired) electrons. The van der Waals surface area contributed by atoms with Crippen molar-refractivity contribution in [2.75, 3.05) is 53.5 Å². The fourth-order valence-corrected chi connectivity index (χ4v) is 4.80. The summed E-state index contributed by atoms with van der Waals surface area (Å²) in [5.41, 5.74) is 0.186. The van der Waals surface area contributed by atoms with Gasteiger partial charge in [0.05, 0.1) is 13.2 Å². The van der Waals surface area contributed by atoms with Crippen LogP contribution >= 0.6 is 24.0 Å². The van der Waals surface area contributed by atoms with E-state index in [1.807, 2.05) is 0 Å². The van der Waals surface area contributed by atoms with Crippen LogP contribution in [0, 0.1) is 0 Å².